The molecule has 0 heteroatoms. The van der Waals surface area contributed by atoms with Crippen molar-refractivity contribution in [3.05, 3.63) is 253 Å². The largest absolute Gasteiger partial charge is 0.0627 e. The van der Waals surface area contributed by atoms with E-state index in [1.165, 1.54) is 116 Å². The summed E-state index contributed by atoms with van der Waals surface area (Å²) in [4.78, 5) is 0. The number of rotatable bonds is 8. The Labute approximate surface area is 382 Å². The van der Waals surface area contributed by atoms with Gasteiger partial charge in [-0.15, -0.1) is 0 Å². The molecular weight excluding hydrogens is 781 g/mol. The number of fused-ring (bicyclic) bond motifs is 6. The normalized spacial score (nSPS) is 14.3. The van der Waals surface area contributed by atoms with E-state index in [0.717, 1.165) is 6.42 Å². The third-order valence-electron chi connectivity index (χ3n) is 14.0. The second kappa shape index (κ2) is 15.8. The molecule has 65 heavy (non-hydrogen) atoms. The Bertz CT molecular complexity index is 3470. The van der Waals surface area contributed by atoms with Gasteiger partial charge in [-0.1, -0.05) is 226 Å². The molecule has 0 fully saturated rings. The Hall–Kier alpha value is -7.80. The van der Waals surface area contributed by atoms with Gasteiger partial charge in [0, 0.05) is 5.41 Å². The van der Waals surface area contributed by atoms with Crippen LogP contribution in [0.25, 0.3) is 99.1 Å². The summed E-state index contributed by atoms with van der Waals surface area (Å²) < 4.78 is 0. The van der Waals surface area contributed by atoms with E-state index in [2.05, 4.69) is 250 Å². The van der Waals surface area contributed by atoms with Crippen molar-refractivity contribution in [3.63, 3.8) is 0 Å². The van der Waals surface area contributed by atoms with Gasteiger partial charge in [-0.25, -0.2) is 0 Å². The van der Waals surface area contributed by atoms with Gasteiger partial charge in [-0.05, 0) is 152 Å². The lowest BCUT2D eigenvalue weighted by molar-refractivity contribution is 0.461. The van der Waals surface area contributed by atoms with E-state index in [0.29, 0.717) is 5.92 Å². The molecule has 0 spiro atoms. The van der Waals surface area contributed by atoms with Crippen LogP contribution < -0.4 is 0 Å². The molecule has 308 valence electrons. The Morgan fingerprint density at radius 1 is 0.292 bits per heavy atom. The minimum Gasteiger partial charge on any atom is -0.0627 e. The first-order valence-electron chi connectivity index (χ1n) is 23.1. The smallest absolute Gasteiger partial charge is 0.0466 e. The van der Waals surface area contributed by atoms with Crippen LogP contribution in [-0.4, -0.2) is 0 Å². The van der Waals surface area contributed by atoms with Crippen molar-refractivity contribution < 1.29 is 0 Å². The molecule has 11 aromatic rings. The summed E-state index contributed by atoms with van der Waals surface area (Å²) in [6, 6.07) is 88.3. The molecule has 1 atom stereocenters. The van der Waals surface area contributed by atoms with Gasteiger partial charge in [0.2, 0.25) is 0 Å². The van der Waals surface area contributed by atoms with Crippen LogP contribution in [0.1, 0.15) is 37.0 Å². The molecule has 0 amide bonds. The highest BCUT2D eigenvalue weighted by atomic mass is 14.5. The minimum atomic E-state index is -0.258. The maximum absolute atomic E-state index is 2.55. The molecule has 0 heterocycles. The van der Waals surface area contributed by atoms with Crippen molar-refractivity contribution in [2.45, 2.75) is 25.7 Å². The summed E-state index contributed by atoms with van der Waals surface area (Å²) in [5.74, 6) is 0.485. The van der Waals surface area contributed by atoms with E-state index < -0.39 is 0 Å². The second-order valence-electron chi connectivity index (χ2n) is 18.3. The molecule has 1 unspecified atom stereocenters. The summed E-state index contributed by atoms with van der Waals surface area (Å²) >= 11 is 0. The SMILES string of the molecule is CC(C)CC1(c2ccccc2)c2ccccc2-c2ccc(-c3c4ccccc4c(-c4ccc(-c5cc(-c6ccccc6)cc(-c6ccccc6)c5)c5ccccc45)c4ccccc34)cc21. The van der Waals surface area contributed by atoms with E-state index in [9.17, 15) is 0 Å². The van der Waals surface area contributed by atoms with Crippen LogP contribution in [0.3, 0.4) is 0 Å². The van der Waals surface area contributed by atoms with Crippen LogP contribution in [0.15, 0.2) is 237 Å². The van der Waals surface area contributed by atoms with Gasteiger partial charge < -0.3 is 0 Å². The Kier molecular flexibility index (Phi) is 9.42. The van der Waals surface area contributed by atoms with Crippen molar-refractivity contribution in [1.29, 1.82) is 0 Å². The summed E-state index contributed by atoms with van der Waals surface area (Å²) in [6.07, 6.45) is 1.03. The Balaban J connectivity index is 1.08. The van der Waals surface area contributed by atoms with Gasteiger partial charge >= 0.3 is 0 Å². The Morgan fingerprint density at radius 2 is 0.723 bits per heavy atom. The number of hydrogen-bond acceptors (Lipinski definition) is 0. The van der Waals surface area contributed by atoms with Crippen LogP contribution in [-0.2, 0) is 5.41 Å². The van der Waals surface area contributed by atoms with E-state index in [-0.39, 0.29) is 5.41 Å². The molecule has 1 aliphatic carbocycles. The molecule has 11 aromatic carbocycles. The van der Waals surface area contributed by atoms with E-state index in [1.807, 2.05) is 0 Å². The van der Waals surface area contributed by atoms with E-state index in [4.69, 9.17) is 0 Å². The molecular formula is C65H48. The van der Waals surface area contributed by atoms with E-state index in [1.54, 1.807) is 0 Å². The highest BCUT2D eigenvalue weighted by Gasteiger charge is 2.45. The second-order valence-corrected chi connectivity index (χ2v) is 18.3. The lowest BCUT2D eigenvalue weighted by Gasteiger charge is -2.35. The topological polar surface area (TPSA) is 0 Å². The number of hydrogen-bond donors (Lipinski definition) is 0. The van der Waals surface area contributed by atoms with Gasteiger partial charge in [0.05, 0.1) is 0 Å². The first-order valence-corrected chi connectivity index (χ1v) is 23.1. The van der Waals surface area contributed by atoms with Crippen molar-refractivity contribution in [3.8, 4) is 66.8 Å². The van der Waals surface area contributed by atoms with Crippen molar-refractivity contribution in [2.75, 3.05) is 0 Å². The zero-order valence-electron chi connectivity index (χ0n) is 36.8. The van der Waals surface area contributed by atoms with Crippen LogP contribution in [0.5, 0.6) is 0 Å². The fourth-order valence-electron chi connectivity index (χ4n) is 11.4. The fourth-order valence-corrected chi connectivity index (χ4v) is 11.4. The van der Waals surface area contributed by atoms with Crippen LogP contribution in [0.2, 0.25) is 0 Å². The first-order chi connectivity index (χ1) is 32.1. The molecule has 0 bridgehead atoms. The third-order valence-corrected chi connectivity index (χ3v) is 14.0. The molecule has 12 rings (SSSR count). The van der Waals surface area contributed by atoms with Crippen LogP contribution in [0.4, 0.5) is 0 Å². The van der Waals surface area contributed by atoms with E-state index >= 15 is 0 Å². The molecule has 0 saturated carbocycles. The van der Waals surface area contributed by atoms with Gasteiger partial charge in [-0.3, -0.25) is 0 Å². The maximum Gasteiger partial charge on any atom is 0.0466 e. The first kappa shape index (κ1) is 38.8. The monoisotopic (exact) mass is 828 g/mol. The lowest BCUT2D eigenvalue weighted by atomic mass is 9.67. The predicted octanol–water partition coefficient (Wildman–Crippen LogP) is 17.8. The van der Waals surface area contributed by atoms with Crippen LogP contribution >= 0.6 is 0 Å². The molecule has 0 aliphatic heterocycles. The highest BCUT2D eigenvalue weighted by Crippen LogP contribution is 2.57. The highest BCUT2D eigenvalue weighted by molar-refractivity contribution is 6.24. The van der Waals surface area contributed by atoms with Crippen molar-refractivity contribution >= 4 is 32.3 Å². The quantitative estimate of drug-likeness (QED) is 0.134. The van der Waals surface area contributed by atoms with Crippen molar-refractivity contribution in [1.82, 2.24) is 0 Å². The summed E-state index contributed by atoms with van der Waals surface area (Å²) in [5.41, 5.74) is 19.0. The van der Waals surface area contributed by atoms with Crippen molar-refractivity contribution in [2.24, 2.45) is 5.92 Å². The fraction of sp³-hybridized carbons (Fsp3) is 0.0769. The van der Waals surface area contributed by atoms with Crippen LogP contribution in [0, 0.1) is 5.92 Å². The average molecular weight is 829 g/mol. The zero-order valence-corrected chi connectivity index (χ0v) is 36.8. The maximum atomic E-state index is 2.55. The minimum absolute atomic E-state index is 0.258. The van der Waals surface area contributed by atoms with Gasteiger partial charge in [0.1, 0.15) is 0 Å². The zero-order chi connectivity index (χ0) is 43.5. The average Bonchev–Trinajstić information content (AvgIpc) is 3.64. The molecule has 1 aliphatic rings. The molecule has 0 nitrogen and oxygen atoms in total. The molecule has 0 radical (unpaired) electrons. The predicted molar refractivity (Wildman–Crippen MR) is 277 cm³/mol. The van der Waals surface area contributed by atoms with Gasteiger partial charge in [-0.2, -0.15) is 0 Å². The third kappa shape index (κ3) is 6.35. The van der Waals surface area contributed by atoms with Gasteiger partial charge in [0.25, 0.3) is 0 Å². The summed E-state index contributed by atoms with van der Waals surface area (Å²) in [6.45, 7) is 4.74. The lowest BCUT2D eigenvalue weighted by Crippen LogP contribution is -2.29. The molecule has 0 aromatic heterocycles. The Morgan fingerprint density at radius 3 is 1.31 bits per heavy atom. The standard InChI is InChI=1S/C65H48/c1-43(2)42-65(50-24-10-5-11-25-50)61-33-19-18-28-54(61)55-35-34-46(41-62(55)65)63-56-29-14-16-31-58(56)64(59-32-17-15-30-57(59)63)60-37-36-51(52-26-12-13-27-53(52)60)49-39-47(44-20-6-3-7-21-44)38-48(40-49)45-22-8-4-9-23-45/h3-41,43H,42H2,1-2H3. The molecule has 0 N–H and O–H groups in total. The van der Waals surface area contributed by atoms with Gasteiger partial charge in [0.15, 0.2) is 0 Å². The number of benzene rings is 11. The summed E-state index contributed by atoms with van der Waals surface area (Å²) in [5, 5.41) is 7.54. The summed E-state index contributed by atoms with van der Waals surface area (Å²) in [7, 11) is 0. The molecule has 0 saturated heterocycles.